The minimum atomic E-state index is 0. The fourth-order valence-electron chi connectivity index (χ4n) is 3.26. The molecule has 1 aromatic carbocycles. The first-order chi connectivity index (χ1) is 9.71. The smallest absolute Gasteiger partial charge is 0.223 e. The average molecular weight is 309 g/mol. The van der Waals surface area contributed by atoms with Gasteiger partial charge in [0.1, 0.15) is 0 Å². The van der Waals surface area contributed by atoms with Crippen molar-refractivity contribution in [1.82, 2.24) is 10.6 Å². The third-order valence-corrected chi connectivity index (χ3v) is 5.23. The number of carbonyl (C=O) groups excluding carboxylic acids is 1. The van der Waals surface area contributed by atoms with Crippen LogP contribution in [0.1, 0.15) is 31.7 Å². The maximum absolute atomic E-state index is 12.3. The van der Waals surface area contributed by atoms with Gasteiger partial charge in [-0.2, -0.15) is 0 Å². The van der Waals surface area contributed by atoms with Crippen LogP contribution in [0.5, 0.6) is 0 Å². The molecule has 1 atom stereocenters. The van der Waals surface area contributed by atoms with Gasteiger partial charge in [-0.25, -0.2) is 0 Å². The first-order valence-electron chi connectivity index (χ1n) is 7.75. The van der Waals surface area contributed by atoms with Crippen molar-refractivity contribution in [3.8, 4) is 0 Å². The van der Waals surface area contributed by atoms with Gasteiger partial charge in [-0.1, -0.05) is 43.7 Å². The quantitative estimate of drug-likeness (QED) is 0.877. The summed E-state index contributed by atoms with van der Waals surface area (Å²) in [5.74, 6) is 0.868. The molecule has 1 amide bonds. The van der Waals surface area contributed by atoms with Crippen LogP contribution in [-0.4, -0.2) is 25.5 Å². The van der Waals surface area contributed by atoms with Gasteiger partial charge in [0, 0.05) is 17.9 Å². The molecule has 3 nitrogen and oxygen atoms in total. The molecule has 4 heteroatoms. The van der Waals surface area contributed by atoms with Crippen LogP contribution in [0, 0.1) is 11.8 Å². The zero-order valence-electron chi connectivity index (χ0n) is 12.6. The Hall–Kier alpha value is -1.06. The van der Waals surface area contributed by atoms with E-state index >= 15 is 0 Å². The number of carbonyl (C=O) groups is 1. The van der Waals surface area contributed by atoms with Crippen LogP contribution in [0.4, 0.5) is 0 Å². The first-order valence-corrected chi connectivity index (χ1v) is 7.75. The molecule has 2 aliphatic rings. The highest BCUT2D eigenvalue weighted by molar-refractivity contribution is 5.85. The third-order valence-electron chi connectivity index (χ3n) is 5.23. The molecule has 0 aromatic heterocycles. The van der Waals surface area contributed by atoms with Crippen LogP contribution < -0.4 is 10.6 Å². The second-order valence-corrected chi connectivity index (χ2v) is 6.42. The zero-order chi connectivity index (χ0) is 14.0. The van der Waals surface area contributed by atoms with E-state index in [-0.39, 0.29) is 29.6 Å². The number of hydrogen-bond donors (Lipinski definition) is 2. The summed E-state index contributed by atoms with van der Waals surface area (Å²) >= 11 is 0. The van der Waals surface area contributed by atoms with Crippen molar-refractivity contribution in [1.29, 1.82) is 0 Å². The van der Waals surface area contributed by atoms with Crippen molar-refractivity contribution in [2.24, 2.45) is 11.8 Å². The van der Waals surface area contributed by atoms with Crippen LogP contribution >= 0.6 is 12.4 Å². The largest absolute Gasteiger partial charge is 0.355 e. The molecule has 0 spiro atoms. The number of nitrogens with one attached hydrogen (secondary N) is 2. The Morgan fingerprint density at radius 1 is 1.33 bits per heavy atom. The Morgan fingerprint density at radius 2 is 2.00 bits per heavy atom. The molecule has 1 unspecified atom stereocenters. The Bertz CT molecular complexity index is 469. The maximum Gasteiger partial charge on any atom is 0.223 e. The van der Waals surface area contributed by atoms with E-state index in [0.29, 0.717) is 5.92 Å². The fourth-order valence-corrected chi connectivity index (χ4v) is 3.26. The highest BCUT2D eigenvalue weighted by Gasteiger charge is 2.39. The van der Waals surface area contributed by atoms with Crippen LogP contribution in [0.2, 0.25) is 0 Å². The lowest BCUT2D eigenvalue weighted by Gasteiger charge is -2.43. The van der Waals surface area contributed by atoms with Crippen molar-refractivity contribution in [2.45, 2.75) is 31.6 Å². The molecule has 2 fully saturated rings. The number of hydrogen-bond acceptors (Lipinski definition) is 2. The van der Waals surface area contributed by atoms with Crippen LogP contribution in [0.25, 0.3) is 0 Å². The number of amides is 1. The van der Waals surface area contributed by atoms with Gasteiger partial charge in [-0.05, 0) is 37.4 Å². The summed E-state index contributed by atoms with van der Waals surface area (Å²) in [6.45, 7) is 4.81. The van der Waals surface area contributed by atoms with Gasteiger partial charge < -0.3 is 10.6 Å². The maximum atomic E-state index is 12.3. The summed E-state index contributed by atoms with van der Waals surface area (Å²) in [7, 11) is 0. The lowest BCUT2D eigenvalue weighted by Crippen LogP contribution is -2.52. The predicted octanol–water partition coefficient (Wildman–Crippen LogP) is 2.50. The van der Waals surface area contributed by atoms with Crippen LogP contribution in [-0.2, 0) is 10.2 Å². The molecule has 1 heterocycles. The lowest BCUT2D eigenvalue weighted by atomic mass is 9.64. The molecule has 1 aliphatic carbocycles. The highest BCUT2D eigenvalue weighted by atomic mass is 35.5. The molecule has 1 saturated heterocycles. The van der Waals surface area contributed by atoms with Gasteiger partial charge in [0.05, 0.1) is 0 Å². The molecular formula is C17H25ClN2O. The summed E-state index contributed by atoms with van der Waals surface area (Å²) in [5.41, 5.74) is 1.57. The molecule has 1 saturated carbocycles. The molecular weight excluding hydrogens is 284 g/mol. The fraction of sp³-hybridized carbons (Fsp3) is 0.588. The lowest BCUT2D eigenvalue weighted by molar-refractivity contribution is -0.127. The standard InChI is InChI=1S/C17H24N2O.ClH/c1-13(14-10-18-11-14)16(20)19-12-17(8-5-9-17)15-6-3-2-4-7-15;/h2-4,6-7,13-14,18H,5,8-12H2,1H3,(H,19,20);1H. The van der Waals surface area contributed by atoms with Gasteiger partial charge in [0.2, 0.25) is 5.91 Å². The molecule has 0 bridgehead atoms. The van der Waals surface area contributed by atoms with E-state index < -0.39 is 0 Å². The molecule has 3 rings (SSSR count). The predicted molar refractivity (Wildman–Crippen MR) is 87.8 cm³/mol. The van der Waals surface area contributed by atoms with E-state index in [1.54, 1.807) is 0 Å². The van der Waals surface area contributed by atoms with E-state index in [4.69, 9.17) is 0 Å². The Balaban J connectivity index is 0.00000161. The van der Waals surface area contributed by atoms with Crippen molar-refractivity contribution >= 4 is 18.3 Å². The first kappa shape index (κ1) is 16.3. The summed E-state index contributed by atoms with van der Waals surface area (Å²) in [4.78, 5) is 12.3. The summed E-state index contributed by atoms with van der Waals surface area (Å²) in [5, 5.41) is 6.44. The molecule has 1 aromatic rings. The highest BCUT2D eigenvalue weighted by Crippen LogP contribution is 2.43. The van der Waals surface area contributed by atoms with E-state index in [2.05, 4.69) is 47.9 Å². The van der Waals surface area contributed by atoms with Crippen molar-refractivity contribution in [3.05, 3.63) is 35.9 Å². The van der Waals surface area contributed by atoms with Crippen molar-refractivity contribution in [2.75, 3.05) is 19.6 Å². The average Bonchev–Trinajstić information content (AvgIpc) is 2.36. The Morgan fingerprint density at radius 3 is 2.48 bits per heavy atom. The summed E-state index contributed by atoms with van der Waals surface area (Å²) in [6, 6.07) is 10.6. The van der Waals surface area contributed by atoms with Gasteiger partial charge in [-0.3, -0.25) is 4.79 Å². The van der Waals surface area contributed by atoms with Gasteiger partial charge in [0.15, 0.2) is 0 Å². The zero-order valence-corrected chi connectivity index (χ0v) is 13.4. The van der Waals surface area contributed by atoms with Gasteiger partial charge in [0.25, 0.3) is 0 Å². The van der Waals surface area contributed by atoms with E-state index in [1.807, 2.05) is 0 Å². The minimum absolute atomic E-state index is 0. The summed E-state index contributed by atoms with van der Waals surface area (Å²) in [6.07, 6.45) is 3.65. The summed E-state index contributed by atoms with van der Waals surface area (Å²) < 4.78 is 0. The normalized spacial score (nSPS) is 21.4. The molecule has 2 N–H and O–H groups in total. The topological polar surface area (TPSA) is 41.1 Å². The second-order valence-electron chi connectivity index (χ2n) is 6.42. The SMILES string of the molecule is CC(C(=O)NCC1(c2ccccc2)CCC1)C1CNC1.Cl. The number of rotatable bonds is 5. The number of benzene rings is 1. The van der Waals surface area contributed by atoms with E-state index in [1.165, 1.54) is 24.8 Å². The van der Waals surface area contributed by atoms with E-state index in [9.17, 15) is 4.79 Å². The second kappa shape index (κ2) is 6.80. The van der Waals surface area contributed by atoms with Crippen molar-refractivity contribution in [3.63, 3.8) is 0 Å². The van der Waals surface area contributed by atoms with Gasteiger partial charge in [-0.15, -0.1) is 12.4 Å². The van der Waals surface area contributed by atoms with Crippen molar-refractivity contribution < 1.29 is 4.79 Å². The van der Waals surface area contributed by atoms with E-state index in [0.717, 1.165) is 19.6 Å². The number of halogens is 1. The Kier molecular flexibility index (Phi) is 5.28. The minimum Gasteiger partial charge on any atom is -0.355 e. The van der Waals surface area contributed by atoms with Crippen LogP contribution in [0.3, 0.4) is 0 Å². The molecule has 116 valence electrons. The third kappa shape index (κ3) is 3.24. The Labute approximate surface area is 133 Å². The molecule has 21 heavy (non-hydrogen) atoms. The van der Waals surface area contributed by atoms with Gasteiger partial charge >= 0.3 is 0 Å². The van der Waals surface area contributed by atoms with Crippen LogP contribution in [0.15, 0.2) is 30.3 Å². The monoisotopic (exact) mass is 308 g/mol. The molecule has 0 radical (unpaired) electrons. The molecule has 1 aliphatic heterocycles.